The number of nitrogen functional groups attached to an aromatic ring is 1. The van der Waals surface area contributed by atoms with Crippen molar-refractivity contribution in [3.05, 3.63) is 28.8 Å². The molecular weight excluding hydrogens is 202 g/mol. The first-order chi connectivity index (χ1) is 6.68. The van der Waals surface area contributed by atoms with Gasteiger partial charge in [0.25, 0.3) is 0 Å². The minimum atomic E-state index is 0.220. The summed E-state index contributed by atoms with van der Waals surface area (Å²) in [5.41, 5.74) is 7.32. The Labute approximate surface area is 85.5 Å². The molecule has 72 valence electrons. The smallest absolute Gasteiger partial charge is 0.245 e. The Morgan fingerprint density at radius 2 is 2.21 bits per heavy atom. The third kappa shape index (κ3) is 1.42. The van der Waals surface area contributed by atoms with Crippen molar-refractivity contribution >= 4 is 17.5 Å². The number of nitrogens with two attached hydrogens (primary N) is 1. The van der Waals surface area contributed by atoms with Crippen LogP contribution in [0.1, 0.15) is 5.56 Å². The van der Waals surface area contributed by atoms with E-state index in [1.54, 1.807) is 6.07 Å². The van der Waals surface area contributed by atoms with E-state index in [2.05, 4.69) is 15.5 Å². The van der Waals surface area contributed by atoms with Gasteiger partial charge in [-0.25, -0.2) is 0 Å². The quantitative estimate of drug-likeness (QED) is 0.767. The van der Waals surface area contributed by atoms with Crippen LogP contribution in [-0.2, 0) is 0 Å². The molecule has 2 rings (SSSR count). The lowest BCUT2D eigenvalue weighted by Crippen LogP contribution is -2.03. The van der Waals surface area contributed by atoms with Crippen molar-refractivity contribution in [1.29, 1.82) is 0 Å². The monoisotopic (exact) mass is 209 g/mol. The molecule has 0 saturated carbocycles. The van der Waals surface area contributed by atoms with E-state index in [4.69, 9.17) is 17.3 Å². The fourth-order valence-electron chi connectivity index (χ4n) is 1.15. The lowest BCUT2D eigenvalue weighted by Gasteiger charge is -2.04. The highest BCUT2D eigenvalue weighted by atomic mass is 35.5. The maximum absolute atomic E-state index is 5.99. The standard InChI is InChI=1S/C8H8ClN5/c1-5-2-3-6(9)7(4-5)14-8(10)11-12-13-14/h2-4H,1H3,(H2,10,11,13). The van der Waals surface area contributed by atoms with Gasteiger partial charge in [-0.3, -0.25) is 0 Å². The Morgan fingerprint density at radius 1 is 1.43 bits per heavy atom. The first-order valence-corrected chi connectivity index (χ1v) is 4.36. The zero-order chi connectivity index (χ0) is 10.1. The topological polar surface area (TPSA) is 69.6 Å². The number of hydrogen-bond acceptors (Lipinski definition) is 4. The second-order valence-electron chi connectivity index (χ2n) is 2.90. The highest BCUT2D eigenvalue weighted by molar-refractivity contribution is 6.32. The van der Waals surface area contributed by atoms with Crippen molar-refractivity contribution < 1.29 is 0 Å². The van der Waals surface area contributed by atoms with Crippen LogP contribution < -0.4 is 5.73 Å². The third-order valence-electron chi connectivity index (χ3n) is 1.82. The van der Waals surface area contributed by atoms with Crippen LogP contribution in [0.4, 0.5) is 5.95 Å². The summed E-state index contributed by atoms with van der Waals surface area (Å²) in [6.45, 7) is 1.96. The van der Waals surface area contributed by atoms with Crippen molar-refractivity contribution in [3.8, 4) is 5.69 Å². The highest BCUT2D eigenvalue weighted by Crippen LogP contribution is 2.21. The van der Waals surface area contributed by atoms with Crippen molar-refractivity contribution in [3.63, 3.8) is 0 Å². The maximum Gasteiger partial charge on any atom is 0.245 e. The first kappa shape index (κ1) is 8.96. The van der Waals surface area contributed by atoms with E-state index in [0.29, 0.717) is 10.7 Å². The van der Waals surface area contributed by atoms with Gasteiger partial charge in [-0.2, -0.15) is 4.68 Å². The van der Waals surface area contributed by atoms with Crippen LogP contribution in [0, 0.1) is 6.92 Å². The summed E-state index contributed by atoms with van der Waals surface area (Å²) in [5, 5.41) is 11.3. The van der Waals surface area contributed by atoms with Crippen LogP contribution in [0.15, 0.2) is 18.2 Å². The van der Waals surface area contributed by atoms with Gasteiger partial charge in [-0.1, -0.05) is 22.8 Å². The van der Waals surface area contributed by atoms with E-state index >= 15 is 0 Å². The minimum absolute atomic E-state index is 0.220. The summed E-state index contributed by atoms with van der Waals surface area (Å²) < 4.78 is 1.40. The summed E-state index contributed by atoms with van der Waals surface area (Å²) in [7, 11) is 0. The second kappa shape index (κ2) is 3.26. The Balaban J connectivity index is 2.62. The maximum atomic E-state index is 5.99. The summed E-state index contributed by atoms with van der Waals surface area (Å²) in [6, 6.07) is 5.56. The van der Waals surface area contributed by atoms with Gasteiger partial charge in [-0.15, -0.1) is 0 Å². The molecular formula is C8H8ClN5. The lowest BCUT2D eigenvalue weighted by atomic mass is 10.2. The van der Waals surface area contributed by atoms with E-state index in [-0.39, 0.29) is 5.95 Å². The summed E-state index contributed by atoms with van der Waals surface area (Å²) in [6.07, 6.45) is 0. The van der Waals surface area contributed by atoms with Crippen LogP contribution in [0.5, 0.6) is 0 Å². The summed E-state index contributed by atoms with van der Waals surface area (Å²) in [5.74, 6) is 0.220. The molecule has 2 N–H and O–H groups in total. The number of rotatable bonds is 1. The largest absolute Gasteiger partial charge is 0.366 e. The normalized spacial score (nSPS) is 10.4. The number of nitrogens with zero attached hydrogens (tertiary/aromatic N) is 4. The molecule has 0 saturated heterocycles. The van der Waals surface area contributed by atoms with Crippen LogP contribution in [0.25, 0.3) is 5.69 Å². The molecule has 0 unspecified atom stereocenters. The predicted molar refractivity (Wildman–Crippen MR) is 53.3 cm³/mol. The fraction of sp³-hybridized carbons (Fsp3) is 0.125. The molecule has 5 nitrogen and oxygen atoms in total. The van der Waals surface area contributed by atoms with Gasteiger partial charge >= 0.3 is 0 Å². The lowest BCUT2D eigenvalue weighted by molar-refractivity contribution is 0.791. The molecule has 0 aliphatic heterocycles. The van der Waals surface area contributed by atoms with Gasteiger partial charge < -0.3 is 5.73 Å². The van der Waals surface area contributed by atoms with E-state index in [1.807, 2.05) is 19.1 Å². The molecule has 0 atom stereocenters. The number of anilines is 1. The molecule has 1 heterocycles. The van der Waals surface area contributed by atoms with Gasteiger partial charge in [0, 0.05) is 0 Å². The molecule has 0 radical (unpaired) electrons. The predicted octanol–water partition coefficient (Wildman–Crippen LogP) is 1.21. The van der Waals surface area contributed by atoms with Crippen molar-refractivity contribution in [2.45, 2.75) is 6.92 Å². The highest BCUT2D eigenvalue weighted by Gasteiger charge is 2.08. The Morgan fingerprint density at radius 3 is 2.86 bits per heavy atom. The van der Waals surface area contributed by atoms with Gasteiger partial charge in [0.05, 0.1) is 10.7 Å². The zero-order valence-electron chi connectivity index (χ0n) is 7.48. The number of aromatic nitrogens is 4. The fourth-order valence-corrected chi connectivity index (χ4v) is 1.35. The average Bonchev–Trinajstić information content (AvgIpc) is 2.56. The summed E-state index contributed by atoms with van der Waals surface area (Å²) >= 11 is 5.99. The number of hydrogen-bond donors (Lipinski definition) is 1. The molecule has 2 aromatic rings. The van der Waals surface area contributed by atoms with E-state index < -0.39 is 0 Å². The molecule has 6 heteroatoms. The Bertz CT molecular complexity index is 465. The molecule has 1 aromatic carbocycles. The molecule has 0 aliphatic rings. The van der Waals surface area contributed by atoms with Crippen LogP contribution in [-0.4, -0.2) is 20.2 Å². The third-order valence-corrected chi connectivity index (χ3v) is 2.14. The molecule has 14 heavy (non-hydrogen) atoms. The number of tetrazole rings is 1. The summed E-state index contributed by atoms with van der Waals surface area (Å²) in [4.78, 5) is 0. The molecule has 0 spiro atoms. The minimum Gasteiger partial charge on any atom is -0.366 e. The number of aryl methyl sites for hydroxylation is 1. The molecule has 0 aliphatic carbocycles. The van der Waals surface area contributed by atoms with Crippen molar-refractivity contribution in [2.24, 2.45) is 0 Å². The SMILES string of the molecule is Cc1ccc(Cl)c(-n2nnnc2N)c1. The van der Waals surface area contributed by atoms with Gasteiger partial charge in [0.2, 0.25) is 5.95 Å². The molecule has 0 bridgehead atoms. The van der Waals surface area contributed by atoms with Crippen molar-refractivity contribution in [2.75, 3.05) is 5.73 Å². The van der Waals surface area contributed by atoms with Crippen molar-refractivity contribution in [1.82, 2.24) is 20.2 Å². The zero-order valence-corrected chi connectivity index (χ0v) is 8.23. The van der Waals surface area contributed by atoms with E-state index in [1.165, 1.54) is 4.68 Å². The van der Waals surface area contributed by atoms with Gasteiger partial charge in [-0.05, 0) is 35.0 Å². The van der Waals surface area contributed by atoms with E-state index in [9.17, 15) is 0 Å². The number of halogens is 1. The Kier molecular flexibility index (Phi) is 2.09. The average molecular weight is 210 g/mol. The van der Waals surface area contributed by atoms with Gasteiger partial charge in [0.15, 0.2) is 0 Å². The molecule has 0 amide bonds. The number of benzene rings is 1. The first-order valence-electron chi connectivity index (χ1n) is 3.99. The van der Waals surface area contributed by atoms with Gasteiger partial charge in [0.1, 0.15) is 0 Å². The second-order valence-corrected chi connectivity index (χ2v) is 3.31. The van der Waals surface area contributed by atoms with Crippen LogP contribution in [0.3, 0.4) is 0 Å². The van der Waals surface area contributed by atoms with Crippen LogP contribution in [0.2, 0.25) is 5.02 Å². The van der Waals surface area contributed by atoms with E-state index in [0.717, 1.165) is 5.56 Å². The van der Waals surface area contributed by atoms with Crippen LogP contribution >= 0.6 is 11.6 Å². The molecule has 1 aromatic heterocycles. The molecule has 0 fully saturated rings. The Hall–Kier alpha value is -1.62.